The van der Waals surface area contributed by atoms with Crippen LogP contribution in [-0.4, -0.2) is 18.1 Å². The number of nitrogens with one attached hydrogen (secondary N) is 1. The van der Waals surface area contributed by atoms with Gasteiger partial charge in [0.25, 0.3) is 0 Å². The lowest BCUT2D eigenvalue weighted by molar-refractivity contribution is -0.139. The third kappa shape index (κ3) is 2.48. The molecule has 0 radical (unpaired) electrons. The van der Waals surface area contributed by atoms with E-state index in [1.54, 1.807) is 24.4 Å². The van der Waals surface area contributed by atoms with Crippen LogP contribution in [0, 0.1) is 0 Å². The summed E-state index contributed by atoms with van der Waals surface area (Å²) in [6.07, 6.45) is 5.34. The molecule has 1 aromatic heterocycles. The lowest BCUT2D eigenvalue weighted by Crippen LogP contribution is -2.00. The van der Waals surface area contributed by atoms with Crippen molar-refractivity contribution in [2.45, 2.75) is 6.42 Å². The van der Waals surface area contributed by atoms with Crippen molar-refractivity contribution in [3.05, 3.63) is 52.3 Å². The molecule has 2 rings (SSSR count). The summed E-state index contributed by atoms with van der Waals surface area (Å²) < 4.78 is 4.55. The van der Waals surface area contributed by atoms with Crippen molar-refractivity contribution < 1.29 is 9.53 Å². The maximum absolute atomic E-state index is 11.6. The molecule has 0 unspecified atom stereocenters. The van der Waals surface area contributed by atoms with Crippen LogP contribution >= 0.6 is 0 Å². The van der Waals surface area contributed by atoms with E-state index in [1.807, 2.05) is 12.1 Å². The van der Waals surface area contributed by atoms with Crippen LogP contribution in [-0.2, 0) is 9.53 Å². The molecule has 2 aromatic rings. The van der Waals surface area contributed by atoms with E-state index in [0.29, 0.717) is 5.39 Å². The number of carbonyl (C=O) groups excluding carboxylic acids is 1. The summed E-state index contributed by atoms with van der Waals surface area (Å²) >= 11 is 0. The second-order valence-electron chi connectivity index (χ2n) is 3.79. The fourth-order valence-electron chi connectivity index (χ4n) is 1.73. The number of hydrogen-bond donors (Lipinski definition) is 1. The fraction of sp³-hybridized carbons (Fsp3) is 0.143. The van der Waals surface area contributed by atoms with Gasteiger partial charge in [-0.1, -0.05) is 24.3 Å². The number of aromatic amines is 1. The van der Waals surface area contributed by atoms with Crippen molar-refractivity contribution in [1.82, 2.24) is 4.98 Å². The third-order valence-corrected chi connectivity index (χ3v) is 2.63. The Morgan fingerprint density at radius 2 is 2.22 bits per heavy atom. The molecular weight excluding hydrogens is 230 g/mol. The number of esters is 1. The van der Waals surface area contributed by atoms with E-state index < -0.39 is 0 Å². The van der Waals surface area contributed by atoms with Gasteiger partial charge in [-0.15, -0.1) is 0 Å². The Morgan fingerprint density at radius 1 is 1.39 bits per heavy atom. The monoisotopic (exact) mass is 243 g/mol. The first kappa shape index (κ1) is 12.1. The molecule has 0 aliphatic heterocycles. The smallest absolute Gasteiger partial charge is 0.309 e. The first-order chi connectivity index (χ1) is 8.72. The van der Waals surface area contributed by atoms with Crippen LogP contribution in [0.3, 0.4) is 0 Å². The van der Waals surface area contributed by atoms with Crippen molar-refractivity contribution in [1.29, 1.82) is 0 Å². The minimum atomic E-state index is -0.292. The Bertz CT molecular complexity index is 655. The Kier molecular flexibility index (Phi) is 3.57. The molecule has 18 heavy (non-hydrogen) atoms. The zero-order valence-corrected chi connectivity index (χ0v) is 9.97. The van der Waals surface area contributed by atoms with Crippen molar-refractivity contribution in [3.63, 3.8) is 0 Å². The van der Waals surface area contributed by atoms with Gasteiger partial charge in [-0.25, -0.2) is 0 Å². The molecule has 0 bridgehead atoms. The first-order valence-electron chi connectivity index (χ1n) is 5.56. The predicted molar refractivity (Wildman–Crippen MR) is 70.2 cm³/mol. The van der Waals surface area contributed by atoms with Crippen molar-refractivity contribution >= 4 is 22.9 Å². The van der Waals surface area contributed by atoms with Crippen LogP contribution in [0.25, 0.3) is 17.0 Å². The van der Waals surface area contributed by atoms with Gasteiger partial charge < -0.3 is 9.72 Å². The van der Waals surface area contributed by atoms with Crippen molar-refractivity contribution in [2.24, 2.45) is 0 Å². The lowest BCUT2D eigenvalue weighted by atomic mass is 10.1. The van der Waals surface area contributed by atoms with E-state index in [0.717, 1.165) is 11.1 Å². The van der Waals surface area contributed by atoms with E-state index in [9.17, 15) is 9.59 Å². The predicted octanol–water partition coefficient (Wildman–Crippen LogP) is 2.10. The number of methoxy groups -OCH3 is 1. The fourth-order valence-corrected chi connectivity index (χ4v) is 1.73. The van der Waals surface area contributed by atoms with Crippen LogP contribution in [0.4, 0.5) is 0 Å². The summed E-state index contributed by atoms with van der Waals surface area (Å²) in [4.78, 5) is 25.7. The average molecular weight is 243 g/mol. The summed E-state index contributed by atoms with van der Waals surface area (Å²) in [6.45, 7) is 0. The molecule has 1 N–H and O–H groups in total. The Balaban J connectivity index is 2.37. The number of fused-ring (bicyclic) bond motifs is 1. The largest absolute Gasteiger partial charge is 0.469 e. The van der Waals surface area contributed by atoms with Gasteiger partial charge in [-0.3, -0.25) is 9.59 Å². The number of benzene rings is 1. The highest BCUT2D eigenvalue weighted by molar-refractivity contribution is 5.87. The molecular formula is C14H13NO3. The Labute approximate surface area is 104 Å². The van der Waals surface area contributed by atoms with Gasteiger partial charge in [0.05, 0.1) is 19.0 Å². The molecule has 0 aliphatic rings. The van der Waals surface area contributed by atoms with Crippen LogP contribution < -0.4 is 5.43 Å². The van der Waals surface area contributed by atoms with Crippen molar-refractivity contribution in [3.8, 4) is 0 Å². The van der Waals surface area contributed by atoms with Crippen LogP contribution in [0.2, 0.25) is 0 Å². The molecule has 0 aliphatic carbocycles. The van der Waals surface area contributed by atoms with E-state index in [-0.39, 0.29) is 17.8 Å². The molecule has 0 amide bonds. The summed E-state index contributed by atoms with van der Waals surface area (Å²) in [6, 6.07) is 6.96. The highest BCUT2D eigenvalue weighted by Gasteiger charge is 2.01. The quantitative estimate of drug-likeness (QED) is 0.840. The first-order valence-corrected chi connectivity index (χ1v) is 5.56. The Hall–Kier alpha value is -2.36. The number of hydrogen-bond acceptors (Lipinski definition) is 3. The summed E-state index contributed by atoms with van der Waals surface area (Å²) in [5.74, 6) is -0.292. The van der Waals surface area contributed by atoms with Crippen LogP contribution in [0.5, 0.6) is 0 Å². The van der Waals surface area contributed by atoms with Crippen molar-refractivity contribution in [2.75, 3.05) is 7.11 Å². The van der Waals surface area contributed by atoms with Gasteiger partial charge in [0.2, 0.25) is 0 Å². The number of aromatic nitrogens is 1. The molecule has 0 saturated carbocycles. The van der Waals surface area contributed by atoms with Gasteiger partial charge in [-0.2, -0.15) is 0 Å². The van der Waals surface area contributed by atoms with Crippen LogP contribution in [0.1, 0.15) is 12.0 Å². The molecule has 0 fully saturated rings. The zero-order valence-electron chi connectivity index (χ0n) is 9.97. The van der Waals surface area contributed by atoms with Crippen LogP contribution in [0.15, 0.2) is 41.3 Å². The summed E-state index contributed by atoms with van der Waals surface area (Å²) in [5.41, 5.74) is 1.62. The van der Waals surface area contributed by atoms with Gasteiger partial charge in [-0.05, 0) is 11.6 Å². The zero-order chi connectivity index (χ0) is 13.0. The summed E-state index contributed by atoms with van der Waals surface area (Å²) in [5, 5.41) is 0.637. The molecule has 1 aromatic carbocycles. The van der Waals surface area contributed by atoms with Gasteiger partial charge in [0.15, 0.2) is 5.43 Å². The minimum absolute atomic E-state index is 0.0213. The molecule has 0 spiro atoms. The van der Waals surface area contributed by atoms with E-state index in [4.69, 9.17) is 0 Å². The number of ether oxygens (including phenoxy) is 1. The third-order valence-electron chi connectivity index (χ3n) is 2.63. The molecule has 0 saturated heterocycles. The highest BCUT2D eigenvalue weighted by Crippen LogP contribution is 2.14. The SMILES string of the molecule is COC(=O)CC=Cc1cccc2c(=O)cc[nH]c12. The number of pyridine rings is 1. The van der Waals surface area contributed by atoms with Gasteiger partial charge in [0, 0.05) is 17.6 Å². The number of H-pyrrole nitrogens is 1. The van der Waals surface area contributed by atoms with E-state index in [2.05, 4.69) is 9.72 Å². The second-order valence-corrected chi connectivity index (χ2v) is 3.79. The second kappa shape index (κ2) is 5.31. The lowest BCUT2D eigenvalue weighted by Gasteiger charge is -2.01. The molecule has 4 heteroatoms. The topological polar surface area (TPSA) is 59.2 Å². The molecule has 4 nitrogen and oxygen atoms in total. The highest BCUT2D eigenvalue weighted by atomic mass is 16.5. The number of rotatable bonds is 3. The standard InChI is InChI=1S/C14H13NO3/c1-18-13(17)7-3-5-10-4-2-6-11-12(16)8-9-15-14(10)11/h2-6,8-9H,7H2,1H3,(H,15,16). The maximum atomic E-state index is 11.6. The normalized spacial score (nSPS) is 10.9. The minimum Gasteiger partial charge on any atom is -0.469 e. The molecule has 0 atom stereocenters. The Morgan fingerprint density at radius 3 is 3.00 bits per heavy atom. The number of carbonyl (C=O) groups is 1. The maximum Gasteiger partial charge on any atom is 0.309 e. The average Bonchev–Trinajstić information content (AvgIpc) is 2.39. The van der Waals surface area contributed by atoms with Gasteiger partial charge >= 0.3 is 5.97 Å². The summed E-state index contributed by atoms with van der Waals surface area (Å²) in [7, 11) is 1.35. The van der Waals surface area contributed by atoms with Gasteiger partial charge in [0.1, 0.15) is 0 Å². The molecule has 92 valence electrons. The number of para-hydroxylation sites is 1. The molecule has 1 heterocycles. The van der Waals surface area contributed by atoms with E-state index >= 15 is 0 Å². The van der Waals surface area contributed by atoms with E-state index in [1.165, 1.54) is 13.2 Å².